The van der Waals surface area contributed by atoms with Crippen LogP contribution in [-0.4, -0.2) is 35.6 Å². The van der Waals surface area contributed by atoms with Gasteiger partial charge in [0.15, 0.2) is 0 Å². The topological polar surface area (TPSA) is 66.6 Å². The number of aliphatic carboxylic acids is 1. The maximum Gasteiger partial charge on any atom is 0.307 e. The number of carboxylic acid groups (broad SMARTS) is 1. The standard InChI is InChI=1S/C13H17BrN2O2/c14-11-3-1-2-9(6-11)12(7-15)16-5-4-10(8-16)13(17)18/h1-3,6,10,12H,4-5,7-8,15H2,(H,17,18)/t10-,12+/m1/s1. The predicted octanol–water partition coefficient (Wildman–Crippen LogP) is 1.86. The van der Waals surface area contributed by atoms with Crippen LogP contribution in [-0.2, 0) is 4.79 Å². The van der Waals surface area contributed by atoms with Gasteiger partial charge < -0.3 is 10.8 Å². The Bertz CT molecular complexity index is 439. The molecule has 0 radical (unpaired) electrons. The second kappa shape index (κ2) is 5.82. The summed E-state index contributed by atoms with van der Waals surface area (Å²) in [7, 11) is 0. The number of halogens is 1. The second-order valence-corrected chi connectivity index (χ2v) is 5.54. The molecule has 2 rings (SSSR count). The average Bonchev–Trinajstić information content (AvgIpc) is 2.80. The first kappa shape index (κ1) is 13.5. The Balaban J connectivity index is 2.13. The molecule has 4 nitrogen and oxygen atoms in total. The third-order valence-corrected chi connectivity index (χ3v) is 3.96. The van der Waals surface area contributed by atoms with Crippen LogP contribution in [0, 0.1) is 5.92 Å². The minimum absolute atomic E-state index is 0.104. The number of carbonyl (C=O) groups is 1. The molecule has 0 aliphatic carbocycles. The maximum absolute atomic E-state index is 11.0. The highest BCUT2D eigenvalue weighted by Gasteiger charge is 2.32. The van der Waals surface area contributed by atoms with Gasteiger partial charge in [0.25, 0.3) is 0 Å². The van der Waals surface area contributed by atoms with Crippen LogP contribution in [0.2, 0.25) is 0 Å². The number of rotatable bonds is 4. The van der Waals surface area contributed by atoms with Gasteiger partial charge in [0.2, 0.25) is 0 Å². The largest absolute Gasteiger partial charge is 0.481 e. The third kappa shape index (κ3) is 2.91. The van der Waals surface area contributed by atoms with Crippen LogP contribution in [0.15, 0.2) is 28.7 Å². The van der Waals surface area contributed by atoms with Crippen molar-refractivity contribution in [1.82, 2.24) is 4.90 Å². The lowest BCUT2D eigenvalue weighted by Crippen LogP contribution is -2.32. The van der Waals surface area contributed by atoms with E-state index in [2.05, 4.69) is 20.8 Å². The van der Waals surface area contributed by atoms with Crippen LogP contribution in [0.5, 0.6) is 0 Å². The highest BCUT2D eigenvalue weighted by molar-refractivity contribution is 9.10. The fourth-order valence-electron chi connectivity index (χ4n) is 2.48. The number of nitrogens with zero attached hydrogens (tertiary/aromatic N) is 1. The summed E-state index contributed by atoms with van der Waals surface area (Å²) < 4.78 is 1.02. The van der Waals surface area contributed by atoms with Crippen molar-refractivity contribution in [3.8, 4) is 0 Å². The lowest BCUT2D eigenvalue weighted by Gasteiger charge is -2.27. The van der Waals surface area contributed by atoms with Crippen LogP contribution in [0.3, 0.4) is 0 Å². The molecule has 0 saturated carbocycles. The monoisotopic (exact) mass is 312 g/mol. The summed E-state index contributed by atoms with van der Waals surface area (Å²) in [6, 6.07) is 8.14. The SMILES string of the molecule is NC[C@@H](c1cccc(Br)c1)N1CC[C@@H](C(=O)O)C1. The molecule has 1 saturated heterocycles. The lowest BCUT2D eigenvalue weighted by molar-refractivity contribution is -0.141. The van der Waals surface area contributed by atoms with E-state index in [-0.39, 0.29) is 12.0 Å². The Labute approximate surface area is 115 Å². The van der Waals surface area contributed by atoms with E-state index in [1.807, 2.05) is 24.3 Å². The molecule has 0 spiro atoms. The molecular formula is C13H17BrN2O2. The normalized spacial score (nSPS) is 22.0. The van der Waals surface area contributed by atoms with Gasteiger partial charge in [-0.05, 0) is 30.7 Å². The molecule has 1 aliphatic rings. The Morgan fingerprint density at radius 1 is 1.61 bits per heavy atom. The van der Waals surface area contributed by atoms with E-state index < -0.39 is 5.97 Å². The first-order chi connectivity index (χ1) is 8.61. The molecule has 0 unspecified atom stereocenters. The number of carboxylic acids is 1. The zero-order valence-corrected chi connectivity index (χ0v) is 11.6. The predicted molar refractivity (Wildman–Crippen MR) is 73.3 cm³/mol. The minimum Gasteiger partial charge on any atom is -0.481 e. The molecule has 1 aliphatic heterocycles. The first-order valence-corrected chi connectivity index (χ1v) is 6.83. The molecule has 0 aromatic heterocycles. The van der Waals surface area contributed by atoms with Crippen molar-refractivity contribution in [3.63, 3.8) is 0 Å². The molecule has 3 N–H and O–H groups in total. The summed E-state index contributed by atoms with van der Waals surface area (Å²) in [5.41, 5.74) is 6.99. The van der Waals surface area contributed by atoms with Gasteiger partial charge in [-0.15, -0.1) is 0 Å². The molecule has 2 atom stereocenters. The van der Waals surface area contributed by atoms with Crippen LogP contribution >= 0.6 is 15.9 Å². The van der Waals surface area contributed by atoms with Crippen molar-refractivity contribution >= 4 is 21.9 Å². The van der Waals surface area contributed by atoms with Gasteiger partial charge in [0, 0.05) is 23.6 Å². The molecule has 0 bridgehead atoms. The molecular weight excluding hydrogens is 296 g/mol. The van der Waals surface area contributed by atoms with Crippen molar-refractivity contribution in [3.05, 3.63) is 34.3 Å². The van der Waals surface area contributed by atoms with E-state index in [4.69, 9.17) is 10.8 Å². The van der Waals surface area contributed by atoms with Gasteiger partial charge in [0.1, 0.15) is 0 Å². The Morgan fingerprint density at radius 3 is 2.94 bits per heavy atom. The number of nitrogens with two attached hydrogens (primary N) is 1. The van der Waals surface area contributed by atoms with E-state index in [1.54, 1.807) is 0 Å². The van der Waals surface area contributed by atoms with Crippen LogP contribution in [0.25, 0.3) is 0 Å². The summed E-state index contributed by atoms with van der Waals surface area (Å²) >= 11 is 3.45. The van der Waals surface area contributed by atoms with Crippen molar-refractivity contribution in [2.75, 3.05) is 19.6 Å². The van der Waals surface area contributed by atoms with Gasteiger partial charge >= 0.3 is 5.97 Å². The van der Waals surface area contributed by atoms with E-state index in [0.29, 0.717) is 19.5 Å². The molecule has 5 heteroatoms. The highest BCUT2D eigenvalue weighted by Crippen LogP contribution is 2.28. The zero-order chi connectivity index (χ0) is 13.1. The van der Waals surface area contributed by atoms with E-state index in [0.717, 1.165) is 16.6 Å². The van der Waals surface area contributed by atoms with E-state index >= 15 is 0 Å². The fraction of sp³-hybridized carbons (Fsp3) is 0.462. The maximum atomic E-state index is 11.0. The Hall–Kier alpha value is -0.910. The molecule has 1 aromatic carbocycles. The minimum atomic E-state index is -0.706. The Kier molecular flexibility index (Phi) is 4.37. The molecule has 1 fully saturated rings. The van der Waals surface area contributed by atoms with Crippen molar-refractivity contribution in [1.29, 1.82) is 0 Å². The van der Waals surface area contributed by atoms with E-state index in [9.17, 15) is 4.79 Å². The van der Waals surface area contributed by atoms with Crippen LogP contribution in [0.1, 0.15) is 18.0 Å². The highest BCUT2D eigenvalue weighted by atomic mass is 79.9. The number of likely N-dealkylation sites (tertiary alicyclic amines) is 1. The molecule has 1 aromatic rings. The van der Waals surface area contributed by atoms with Crippen molar-refractivity contribution < 1.29 is 9.90 Å². The lowest BCUT2D eigenvalue weighted by atomic mass is 10.1. The second-order valence-electron chi connectivity index (χ2n) is 4.63. The summed E-state index contributed by atoms with van der Waals surface area (Å²) in [6.07, 6.45) is 0.708. The van der Waals surface area contributed by atoms with Crippen molar-refractivity contribution in [2.45, 2.75) is 12.5 Å². The smallest absolute Gasteiger partial charge is 0.307 e. The number of hydrogen-bond acceptors (Lipinski definition) is 3. The summed E-state index contributed by atoms with van der Waals surface area (Å²) in [5, 5.41) is 9.03. The fourth-order valence-corrected chi connectivity index (χ4v) is 2.90. The summed E-state index contributed by atoms with van der Waals surface area (Å²) in [4.78, 5) is 13.2. The van der Waals surface area contributed by atoms with E-state index in [1.165, 1.54) is 0 Å². The Morgan fingerprint density at radius 2 is 2.39 bits per heavy atom. The third-order valence-electron chi connectivity index (χ3n) is 3.47. The molecule has 1 heterocycles. The summed E-state index contributed by atoms with van der Waals surface area (Å²) in [5.74, 6) is -0.964. The quantitative estimate of drug-likeness (QED) is 0.890. The van der Waals surface area contributed by atoms with Gasteiger partial charge in [-0.2, -0.15) is 0 Å². The molecule has 98 valence electrons. The summed E-state index contributed by atoms with van der Waals surface area (Å²) in [6.45, 7) is 1.89. The molecule has 18 heavy (non-hydrogen) atoms. The van der Waals surface area contributed by atoms with Gasteiger partial charge in [-0.25, -0.2) is 0 Å². The van der Waals surface area contributed by atoms with Crippen molar-refractivity contribution in [2.24, 2.45) is 11.7 Å². The number of hydrogen-bond donors (Lipinski definition) is 2. The van der Waals surface area contributed by atoms with Gasteiger partial charge in [0.05, 0.1) is 5.92 Å². The van der Waals surface area contributed by atoms with Gasteiger partial charge in [-0.1, -0.05) is 28.1 Å². The van der Waals surface area contributed by atoms with Crippen LogP contribution in [0.4, 0.5) is 0 Å². The van der Waals surface area contributed by atoms with Crippen LogP contribution < -0.4 is 5.73 Å². The zero-order valence-electron chi connectivity index (χ0n) is 10.1. The number of benzene rings is 1. The average molecular weight is 313 g/mol. The molecule has 0 amide bonds. The first-order valence-electron chi connectivity index (χ1n) is 6.04. The van der Waals surface area contributed by atoms with Gasteiger partial charge in [-0.3, -0.25) is 9.69 Å².